The van der Waals surface area contributed by atoms with Gasteiger partial charge >= 0.3 is 0 Å². The lowest BCUT2D eigenvalue weighted by Gasteiger charge is -2.18. The van der Waals surface area contributed by atoms with Gasteiger partial charge in [-0.3, -0.25) is 4.55 Å². The fraction of sp³-hybridized carbons (Fsp3) is 0.200. The smallest absolute Gasteiger partial charge is 0.296 e. The number of fused-ring (bicyclic) bond motifs is 1. The number of hydrogen-bond donors (Lipinski definition) is 1. The number of aromatic nitrogens is 1. The predicted molar refractivity (Wildman–Crippen MR) is 123 cm³/mol. The summed E-state index contributed by atoms with van der Waals surface area (Å²) >= 11 is 0. The zero-order valence-corrected chi connectivity index (χ0v) is 18.9. The van der Waals surface area contributed by atoms with E-state index in [1.165, 1.54) is 12.1 Å². The van der Waals surface area contributed by atoms with Crippen LogP contribution in [0.4, 0.5) is 4.39 Å². The molecular formula is C25H24FNO4S. The van der Waals surface area contributed by atoms with Crippen molar-refractivity contribution in [2.45, 2.75) is 38.2 Å². The van der Waals surface area contributed by atoms with Crippen LogP contribution in [0.1, 0.15) is 36.6 Å². The molecule has 1 N–H and O–H groups in total. The summed E-state index contributed by atoms with van der Waals surface area (Å²) in [6.07, 6.45) is 1.85. The summed E-state index contributed by atoms with van der Waals surface area (Å²) in [7, 11) is -4.44. The Balaban J connectivity index is 1.85. The third-order valence-electron chi connectivity index (χ3n) is 5.67. The van der Waals surface area contributed by atoms with Crippen LogP contribution in [0.5, 0.6) is 5.75 Å². The number of aryl methyl sites for hydroxylation is 1. The number of nitrogens with zero attached hydrogens (tertiary/aromatic N) is 1. The SMILES string of the molecule is CCc1c(C)ccc(S(=O)(=O)O)c1-n1ccc2ccc(OC(C)c3ccccc3F)cc21. The fourth-order valence-corrected chi connectivity index (χ4v) is 4.79. The van der Waals surface area contributed by atoms with E-state index < -0.39 is 16.2 Å². The number of hydrogen-bond acceptors (Lipinski definition) is 3. The van der Waals surface area contributed by atoms with Crippen LogP contribution in [0, 0.1) is 12.7 Å². The molecular weight excluding hydrogens is 429 g/mol. The summed E-state index contributed by atoms with van der Waals surface area (Å²) in [5.41, 5.74) is 3.34. The lowest BCUT2D eigenvalue weighted by molar-refractivity contribution is 0.221. The second kappa shape index (κ2) is 8.41. The molecule has 0 radical (unpaired) electrons. The standard InChI is InChI=1S/C25H24FNO4S/c1-4-20-16(2)9-12-24(32(28,29)30)25(20)27-14-13-18-10-11-19(15-23(18)27)31-17(3)21-7-5-6-8-22(21)26/h5-15,17H,4H2,1-3H3,(H,28,29,30). The molecule has 4 aromatic rings. The van der Waals surface area contributed by atoms with Crippen LogP contribution in [0.2, 0.25) is 0 Å². The molecule has 3 aromatic carbocycles. The highest BCUT2D eigenvalue weighted by atomic mass is 32.2. The zero-order chi connectivity index (χ0) is 23.0. The first kappa shape index (κ1) is 22.0. The molecule has 7 heteroatoms. The summed E-state index contributed by atoms with van der Waals surface area (Å²) in [5.74, 6) is 0.182. The van der Waals surface area contributed by atoms with Crippen LogP contribution < -0.4 is 4.74 Å². The molecule has 4 rings (SSSR count). The summed E-state index contributed by atoms with van der Waals surface area (Å²) in [6, 6.07) is 16.9. The van der Waals surface area contributed by atoms with Crippen molar-refractivity contribution in [2.75, 3.05) is 0 Å². The molecule has 0 aliphatic heterocycles. The Bertz CT molecular complexity index is 1410. The number of halogens is 1. The average molecular weight is 454 g/mol. The monoisotopic (exact) mass is 453 g/mol. The van der Waals surface area contributed by atoms with E-state index in [1.54, 1.807) is 54.1 Å². The molecule has 5 nitrogen and oxygen atoms in total. The van der Waals surface area contributed by atoms with Crippen LogP contribution in [0.15, 0.2) is 71.8 Å². The molecule has 0 amide bonds. The topological polar surface area (TPSA) is 68.5 Å². The number of rotatable bonds is 6. The Hall–Kier alpha value is -3.16. The van der Waals surface area contributed by atoms with Crippen molar-refractivity contribution < 1.29 is 22.1 Å². The molecule has 0 saturated heterocycles. The van der Waals surface area contributed by atoms with E-state index >= 15 is 0 Å². The van der Waals surface area contributed by atoms with E-state index in [1.807, 2.05) is 26.0 Å². The molecule has 1 unspecified atom stereocenters. The van der Waals surface area contributed by atoms with Gasteiger partial charge in [-0.25, -0.2) is 4.39 Å². The van der Waals surface area contributed by atoms with Gasteiger partial charge in [0.2, 0.25) is 0 Å². The molecule has 0 aliphatic carbocycles. The van der Waals surface area contributed by atoms with E-state index in [0.29, 0.717) is 28.9 Å². The van der Waals surface area contributed by atoms with E-state index in [0.717, 1.165) is 16.5 Å². The summed E-state index contributed by atoms with van der Waals surface area (Å²) in [5, 5.41) is 0.876. The Kier molecular flexibility index (Phi) is 5.79. The molecule has 0 aliphatic rings. The molecule has 0 saturated carbocycles. The maximum atomic E-state index is 14.1. The van der Waals surface area contributed by atoms with E-state index in [4.69, 9.17) is 4.74 Å². The quantitative estimate of drug-likeness (QED) is 0.362. The zero-order valence-electron chi connectivity index (χ0n) is 18.0. The Labute approximate surface area is 186 Å². The molecule has 0 spiro atoms. The third kappa shape index (κ3) is 4.01. The molecule has 1 aromatic heterocycles. The van der Waals surface area contributed by atoms with Crippen molar-refractivity contribution >= 4 is 21.0 Å². The third-order valence-corrected chi connectivity index (χ3v) is 6.56. The van der Waals surface area contributed by atoms with Crippen molar-refractivity contribution in [1.82, 2.24) is 4.57 Å². The lowest BCUT2D eigenvalue weighted by atomic mass is 10.0. The second-order valence-corrected chi connectivity index (χ2v) is 9.11. The van der Waals surface area contributed by atoms with Crippen LogP contribution >= 0.6 is 0 Å². The van der Waals surface area contributed by atoms with Crippen molar-refractivity contribution in [3.8, 4) is 11.4 Å². The minimum atomic E-state index is -4.44. The van der Waals surface area contributed by atoms with E-state index in [2.05, 4.69) is 0 Å². The molecule has 1 atom stereocenters. The molecule has 32 heavy (non-hydrogen) atoms. The molecule has 0 bridgehead atoms. The van der Waals surface area contributed by atoms with Crippen molar-refractivity contribution in [3.63, 3.8) is 0 Å². The summed E-state index contributed by atoms with van der Waals surface area (Å²) in [4.78, 5) is -0.150. The van der Waals surface area contributed by atoms with Gasteiger partial charge in [0.15, 0.2) is 0 Å². The van der Waals surface area contributed by atoms with Crippen molar-refractivity contribution in [3.05, 3.63) is 89.4 Å². The summed E-state index contributed by atoms with van der Waals surface area (Å²) < 4.78 is 56.1. The minimum Gasteiger partial charge on any atom is -0.486 e. The van der Waals surface area contributed by atoms with Gasteiger partial charge in [-0.15, -0.1) is 0 Å². The normalized spacial score (nSPS) is 12.8. The van der Waals surface area contributed by atoms with Gasteiger partial charge in [0, 0.05) is 23.2 Å². The van der Waals surface area contributed by atoms with Crippen LogP contribution in [-0.2, 0) is 16.5 Å². The minimum absolute atomic E-state index is 0.150. The van der Waals surface area contributed by atoms with E-state index in [-0.39, 0.29) is 10.7 Å². The van der Waals surface area contributed by atoms with E-state index in [9.17, 15) is 17.4 Å². The second-order valence-electron chi connectivity index (χ2n) is 7.72. The van der Waals surface area contributed by atoms with Crippen molar-refractivity contribution in [2.24, 2.45) is 0 Å². The average Bonchev–Trinajstić information content (AvgIpc) is 3.15. The van der Waals surface area contributed by atoms with Crippen LogP contribution in [0.25, 0.3) is 16.6 Å². The summed E-state index contributed by atoms with van der Waals surface area (Å²) in [6.45, 7) is 5.62. The lowest BCUT2D eigenvalue weighted by Crippen LogP contribution is -2.10. The highest BCUT2D eigenvalue weighted by Gasteiger charge is 2.22. The van der Waals surface area contributed by atoms with Crippen LogP contribution in [-0.4, -0.2) is 17.5 Å². The molecule has 166 valence electrons. The maximum Gasteiger partial charge on any atom is 0.296 e. The van der Waals surface area contributed by atoms with Gasteiger partial charge in [-0.05, 0) is 61.7 Å². The Morgan fingerprint density at radius 1 is 1.09 bits per heavy atom. The van der Waals surface area contributed by atoms with Crippen molar-refractivity contribution in [1.29, 1.82) is 0 Å². The Morgan fingerprint density at radius 2 is 1.84 bits per heavy atom. The first-order valence-corrected chi connectivity index (χ1v) is 11.8. The van der Waals surface area contributed by atoms with Gasteiger partial charge in [-0.2, -0.15) is 8.42 Å². The number of ether oxygens (including phenoxy) is 1. The molecule has 1 heterocycles. The number of benzene rings is 3. The Morgan fingerprint density at radius 3 is 2.53 bits per heavy atom. The maximum absolute atomic E-state index is 14.1. The largest absolute Gasteiger partial charge is 0.486 e. The van der Waals surface area contributed by atoms with Gasteiger partial charge in [-0.1, -0.05) is 31.2 Å². The van der Waals surface area contributed by atoms with Gasteiger partial charge < -0.3 is 9.30 Å². The molecule has 0 fully saturated rings. The predicted octanol–water partition coefficient (Wildman–Crippen LogP) is 6.03. The fourth-order valence-electron chi connectivity index (χ4n) is 4.08. The highest BCUT2D eigenvalue weighted by Crippen LogP contribution is 2.33. The van der Waals surface area contributed by atoms with Gasteiger partial charge in [0.1, 0.15) is 22.6 Å². The highest BCUT2D eigenvalue weighted by molar-refractivity contribution is 7.86. The first-order chi connectivity index (χ1) is 15.2. The van der Waals surface area contributed by atoms with Gasteiger partial charge in [0.25, 0.3) is 10.1 Å². The van der Waals surface area contributed by atoms with Gasteiger partial charge in [0.05, 0.1) is 11.2 Å². The first-order valence-electron chi connectivity index (χ1n) is 10.3. The van der Waals surface area contributed by atoms with Crippen LogP contribution in [0.3, 0.4) is 0 Å².